The van der Waals surface area contributed by atoms with Gasteiger partial charge in [-0.3, -0.25) is 4.90 Å². The van der Waals surface area contributed by atoms with Crippen LogP contribution in [0.3, 0.4) is 0 Å². The largest absolute Gasteiger partial charge is 0.331 e. The van der Waals surface area contributed by atoms with Crippen LogP contribution in [0.2, 0.25) is 0 Å². The second-order valence-corrected chi connectivity index (χ2v) is 5.28. The first-order chi connectivity index (χ1) is 9.66. The molecule has 1 aliphatic rings. The van der Waals surface area contributed by atoms with Crippen LogP contribution in [0, 0.1) is 0 Å². The van der Waals surface area contributed by atoms with Crippen molar-refractivity contribution in [2.45, 2.75) is 0 Å². The van der Waals surface area contributed by atoms with Gasteiger partial charge in [0.25, 0.3) is 0 Å². The number of rotatable bonds is 3. The highest BCUT2D eigenvalue weighted by Crippen LogP contribution is 2.05. The first kappa shape index (κ1) is 14.6. The molecule has 1 aromatic carbocycles. The molecule has 2 amide bonds. The summed E-state index contributed by atoms with van der Waals surface area (Å²) in [6, 6.07) is 10.4. The van der Waals surface area contributed by atoms with Crippen molar-refractivity contribution >= 4 is 12.1 Å². The Labute approximate surface area is 121 Å². The second kappa shape index (κ2) is 7.10. The van der Waals surface area contributed by atoms with Crippen LogP contribution >= 0.6 is 0 Å². The summed E-state index contributed by atoms with van der Waals surface area (Å²) in [4.78, 5) is 17.8. The zero-order valence-corrected chi connectivity index (χ0v) is 12.3. The lowest BCUT2D eigenvalue weighted by Crippen LogP contribution is -2.51. The fourth-order valence-electron chi connectivity index (χ4n) is 2.31. The van der Waals surface area contributed by atoms with E-state index >= 15 is 0 Å². The highest BCUT2D eigenvalue weighted by molar-refractivity contribution is 5.73. The summed E-state index contributed by atoms with van der Waals surface area (Å²) in [5.74, 6) is 0. The van der Waals surface area contributed by atoms with E-state index in [4.69, 9.17) is 0 Å². The minimum absolute atomic E-state index is 0.115. The maximum atomic E-state index is 11.8. The third-order valence-electron chi connectivity index (χ3n) is 3.50. The van der Waals surface area contributed by atoms with Gasteiger partial charge in [-0.25, -0.2) is 4.79 Å². The SMILES string of the molecule is CN(C)C(=O)N1CCN(C/C=C/c2ccccc2)CC1. The topological polar surface area (TPSA) is 26.8 Å². The van der Waals surface area contributed by atoms with E-state index < -0.39 is 0 Å². The zero-order chi connectivity index (χ0) is 14.4. The summed E-state index contributed by atoms with van der Waals surface area (Å²) in [6.45, 7) is 4.46. The lowest BCUT2D eigenvalue weighted by atomic mass is 10.2. The van der Waals surface area contributed by atoms with Crippen molar-refractivity contribution in [2.75, 3.05) is 46.8 Å². The van der Waals surface area contributed by atoms with Gasteiger partial charge < -0.3 is 9.80 Å². The Bertz CT molecular complexity index is 448. The Morgan fingerprint density at radius 1 is 1.15 bits per heavy atom. The van der Waals surface area contributed by atoms with Gasteiger partial charge in [0.15, 0.2) is 0 Å². The zero-order valence-electron chi connectivity index (χ0n) is 12.3. The first-order valence-electron chi connectivity index (χ1n) is 7.07. The third kappa shape index (κ3) is 4.10. The summed E-state index contributed by atoms with van der Waals surface area (Å²) in [7, 11) is 3.61. The molecule has 4 nitrogen and oxygen atoms in total. The Kier molecular flexibility index (Phi) is 5.18. The molecular weight excluding hydrogens is 250 g/mol. The fourth-order valence-corrected chi connectivity index (χ4v) is 2.31. The molecule has 0 radical (unpaired) electrons. The maximum Gasteiger partial charge on any atom is 0.319 e. The fraction of sp³-hybridized carbons (Fsp3) is 0.438. The first-order valence-corrected chi connectivity index (χ1v) is 7.07. The van der Waals surface area contributed by atoms with E-state index in [2.05, 4.69) is 29.2 Å². The predicted octanol–water partition coefficient (Wildman–Crippen LogP) is 2.00. The van der Waals surface area contributed by atoms with Crippen molar-refractivity contribution in [1.29, 1.82) is 0 Å². The molecule has 0 saturated carbocycles. The summed E-state index contributed by atoms with van der Waals surface area (Å²) in [5.41, 5.74) is 1.23. The van der Waals surface area contributed by atoms with Crippen LogP contribution in [0.4, 0.5) is 4.79 Å². The molecule has 0 N–H and O–H groups in total. The van der Waals surface area contributed by atoms with E-state index in [1.54, 1.807) is 19.0 Å². The van der Waals surface area contributed by atoms with Gasteiger partial charge >= 0.3 is 6.03 Å². The number of carbonyl (C=O) groups is 1. The molecule has 4 heteroatoms. The van der Waals surface area contributed by atoms with Gasteiger partial charge in [0.1, 0.15) is 0 Å². The van der Waals surface area contributed by atoms with E-state index in [9.17, 15) is 4.79 Å². The molecule has 1 aromatic rings. The van der Waals surface area contributed by atoms with Crippen molar-refractivity contribution in [3.05, 3.63) is 42.0 Å². The van der Waals surface area contributed by atoms with E-state index in [1.807, 2.05) is 23.1 Å². The molecule has 0 spiro atoms. The van der Waals surface area contributed by atoms with Crippen LogP contribution in [0.5, 0.6) is 0 Å². The minimum atomic E-state index is 0.115. The Hall–Kier alpha value is -1.81. The molecule has 0 atom stereocenters. The molecule has 1 aliphatic heterocycles. The summed E-state index contributed by atoms with van der Waals surface area (Å²) in [6.07, 6.45) is 4.34. The van der Waals surface area contributed by atoms with Crippen molar-refractivity contribution in [3.63, 3.8) is 0 Å². The summed E-state index contributed by atoms with van der Waals surface area (Å²) < 4.78 is 0. The van der Waals surface area contributed by atoms with Gasteiger partial charge in [-0.2, -0.15) is 0 Å². The monoisotopic (exact) mass is 273 g/mol. The molecule has 0 aromatic heterocycles. The van der Waals surface area contributed by atoms with Crippen LogP contribution < -0.4 is 0 Å². The molecule has 1 saturated heterocycles. The molecule has 0 aliphatic carbocycles. The number of amides is 2. The number of hydrogen-bond donors (Lipinski definition) is 0. The quantitative estimate of drug-likeness (QED) is 0.842. The van der Waals surface area contributed by atoms with Gasteiger partial charge in [-0.05, 0) is 5.56 Å². The Morgan fingerprint density at radius 2 is 1.80 bits per heavy atom. The average Bonchev–Trinajstić information content (AvgIpc) is 2.48. The normalized spacial score (nSPS) is 16.6. The van der Waals surface area contributed by atoms with Crippen LogP contribution in [-0.4, -0.2) is 67.5 Å². The number of piperazine rings is 1. The van der Waals surface area contributed by atoms with E-state index in [-0.39, 0.29) is 6.03 Å². The molecule has 20 heavy (non-hydrogen) atoms. The Balaban J connectivity index is 1.75. The molecule has 1 fully saturated rings. The van der Waals surface area contributed by atoms with Crippen molar-refractivity contribution < 1.29 is 4.79 Å². The molecule has 108 valence electrons. The third-order valence-corrected chi connectivity index (χ3v) is 3.50. The molecule has 0 unspecified atom stereocenters. The van der Waals surface area contributed by atoms with Crippen LogP contribution in [0.1, 0.15) is 5.56 Å². The number of benzene rings is 1. The van der Waals surface area contributed by atoms with Gasteiger partial charge in [-0.15, -0.1) is 0 Å². The summed E-state index contributed by atoms with van der Waals surface area (Å²) >= 11 is 0. The van der Waals surface area contributed by atoms with Crippen molar-refractivity contribution in [3.8, 4) is 0 Å². The Morgan fingerprint density at radius 3 is 2.40 bits per heavy atom. The van der Waals surface area contributed by atoms with Gasteiger partial charge in [0.2, 0.25) is 0 Å². The van der Waals surface area contributed by atoms with Gasteiger partial charge in [0, 0.05) is 46.8 Å². The van der Waals surface area contributed by atoms with E-state index in [0.717, 1.165) is 32.7 Å². The second-order valence-electron chi connectivity index (χ2n) is 5.28. The lowest BCUT2D eigenvalue weighted by Gasteiger charge is -2.35. The van der Waals surface area contributed by atoms with E-state index in [1.165, 1.54) is 5.56 Å². The van der Waals surface area contributed by atoms with Gasteiger partial charge in [0.05, 0.1) is 0 Å². The number of carbonyl (C=O) groups excluding carboxylic acids is 1. The van der Waals surface area contributed by atoms with Gasteiger partial charge in [-0.1, -0.05) is 42.5 Å². The maximum absolute atomic E-state index is 11.8. The number of hydrogen-bond acceptors (Lipinski definition) is 2. The lowest BCUT2D eigenvalue weighted by molar-refractivity contribution is 0.129. The average molecular weight is 273 g/mol. The number of nitrogens with zero attached hydrogens (tertiary/aromatic N) is 3. The van der Waals surface area contributed by atoms with Crippen LogP contribution in [0.25, 0.3) is 6.08 Å². The van der Waals surface area contributed by atoms with Crippen LogP contribution in [-0.2, 0) is 0 Å². The van der Waals surface area contributed by atoms with Crippen molar-refractivity contribution in [1.82, 2.24) is 14.7 Å². The molecular formula is C16H23N3O. The van der Waals surface area contributed by atoms with Crippen LogP contribution in [0.15, 0.2) is 36.4 Å². The summed E-state index contributed by atoms with van der Waals surface area (Å²) in [5, 5.41) is 0. The smallest absolute Gasteiger partial charge is 0.319 e. The molecule has 2 rings (SSSR count). The predicted molar refractivity (Wildman–Crippen MR) is 82.6 cm³/mol. The number of urea groups is 1. The van der Waals surface area contributed by atoms with Crippen molar-refractivity contribution in [2.24, 2.45) is 0 Å². The minimum Gasteiger partial charge on any atom is -0.331 e. The van der Waals surface area contributed by atoms with E-state index in [0.29, 0.717) is 0 Å². The molecule has 1 heterocycles. The molecule has 0 bridgehead atoms. The highest BCUT2D eigenvalue weighted by atomic mass is 16.2. The highest BCUT2D eigenvalue weighted by Gasteiger charge is 2.21. The standard InChI is InChI=1S/C16H23N3O/c1-17(2)16(20)19-13-11-18(12-14-19)10-6-9-15-7-4-3-5-8-15/h3-9H,10-14H2,1-2H3/b9-6+.